The van der Waals surface area contributed by atoms with Crippen molar-refractivity contribution < 1.29 is 19.1 Å². The fourth-order valence-electron chi connectivity index (χ4n) is 2.97. The molecule has 1 saturated heterocycles. The van der Waals surface area contributed by atoms with Crippen LogP contribution in [0, 0.1) is 5.92 Å². The molecule has 0 unspecified atom stereocenters. The Morgan fingerprint density at radius 1 is 1.40 bits per heavy atom. The zero-order valence-electron chi connectivity index (χ0n) is 14.2. The fraction of sp³-hybridized carbons (Fsp3) is 0.389. The van der Waals surface area contributed by atoms with Crippen molar-refractivity contribution in [1.82, 2.24) is 10.3 Å². The Morgan fingerprint density at radius 2 is 2.20 bits per heavy atom. The first kappa shape index (κ1) is 17.0. The van der Waals surface area contributed by atoms with E-state index < -0.39 is 5.91 Å². The summed E-state index contributed by atoms with van der Waals surface area (Å²) in [7, 11) is 0. The molecule has 3 N–H and O–H groups in total. The molecular weight excluding hydrogens is 322 g/mol. The molecule has 25 heavy (non-hydrogen) atoms. The van der Waals surface area contributed by atoms with Gasteiger partial charge in [-0.05, 0) is 36.4 Å². The highest BCUT2D eigenvalue weighted by atomic mass is 16.5. The molecule has 2 atom stereocenters. The van der Waals surface area contributed by atoms with Gasteiger partial charge in [-0.15, -0.1) is 0 Å². The molecule has 3 rings (SSSR count). The van der Waals surface area contributed by atoms with Gasteiger partial charge in [0.15, 0.2) is 0 Å². The first-order valence-electron chi connectivity index (χ1n) is 8.27. The molecule has 0 bridgehead atoms. The molecule has 7 heteroatoms. The zero-order valence-corrected chi connectivity index (χ0v) is 14.2. The number of fused-ring (bicyclic) bond motifs is 1. The third kappa shape index (κ3) is 3.50. The van der Waals surface area contributed by atoms with Crippen molar-refractivity contribution in [3.8, 4) is 11.6 Å². The lowest BCUT2D eigenvalue weighted by molar-refractivity contribution is -0.119. The van der Waals surface area contributed by atoms with E-state index in [4.69, 9.17) is 15.2 Å². The summed E-state index contributed by atoms with van der Waals surface area (Å²) in [6.07, 6.45) is 2.12. The van der Waals surface area contributed by atoms with Gasteiger partial charge < -0.3 is 20.5 Å². The molecule has 0 radical (unpaired) electrons. The molecule has 1 fully saturated rings. The second-order valence-corrected chi connectivity index (χ2v) is 6.15. The number of hydrogen-bond acceptors (Lipinski definition) is 5. The van der Waals surface area contributed by atoms with Crippen LogP contribution in [0.3, 0.4) is 0 Å². The Morgan fingerprint density at radius 3 is 2.84 bits per heavy atom. The maximum atomic E-state index is 11.6. The van der Waals surface area contributed by atoms with Gasteiger partial charge in [0.05, 0.1) is 18.2 Å². The molecule has 0 spiro atoms. The third-order valence-corrected chi connectivity index (χ3v) is 4.33. The summed E-state index contributed by atoms with van der Waals surface area (Å²) in [5, 5.41) is 4.41. The Balaban J connectivity index is 1.91. The van der Waals surface area contributed by atoms with E-state index in [-0.39, 0.29) is 17.9 Å². The Bertz CT molecular complexity index is 821. The molecule has 2 amide bonds. The van der Waals surface area contributed by atoms with E-state index in [1.807, 2.05) is 13.8 Å². The molecule has 7 nitrogen and oxygen atoms in total. The predicted octanol–water partition coefficient (Wildman–Crippen LogP) is 1.64. The predicted molar refractivity (Wildman–Crippen MR) is 92.6 cm³/mol. The number of carbonyl (C=O) groups excluding carboxylic acids is 2. The average molecular weight is 343 g/mol. The number of pyridine rings is 1. The fourth-order valence-corrected chi connectivity index (χ4v) is 2.97. The summed E-state index contributed by atoms with van der Waals surface area (Å²) >= 11 is 0. The van der Waals surface area contributed by atoms with E-state index in [0.717, 1.165) is 10.8 Å². The number of carbonyl (C=O) groups is 2. The molecule has 132 valence electrons. The molecule has 1 aromatic heterocycles. The molecular formula is C18H21N3O4. The van der Waals surface area contributed by atoms with Crippen LogP contribution in [0.25, 0.3) is 10.8 Å². The number of ether oxygens (including phenoxy) is 2. The molecule has 1 aromatic carbocycles. The number of benzene rings is 1. The Hall–Kier alpha value is -2.83. The van der Waals surface area contributed by atoms with Crippen molar-refractivity contribution in [1.29, 1.82) is 0 Å². The maximum Gasteiger partial charge on any atom is 0.252 e. The Kier molecular flexibility index (Phi) is 4.74. The van der Waals surface area contributed by atoms with Crippen molar-refractivity contribution in [2.24, 2.45) is 11.7 Å². The topological polar surface area (TPSA) is 104 Å². The smallest absolute Gasteiger partial charge is 0.252 e. The second-order valence-electron chi connectivity index (χ2n) is 6.15. The summed E-state index contributed by atoms with van der Waals surface area (Å²) in [6, 6.07) is 5.14. The van der Waals surface area contributed by atoms with Gasteiger partial charge in [-0.1, -0.05) is 6.92 Å². The van der Waals surface area contributed by atoms with E-state index in [1.165, 1.54) is 0 Å². The van der Waals surface area contributed by atoms with E-state index in [9.17, 15) is 9.59 Å². The van der Waals surface area contributed by atoms with Crippen LogP contribution in [-0.4, -0.2) is 36.1 Å². The van der Waals surface area contributed by atoms with E-state index in [1.54, 1.807) is 24.4 Å². The minimum absolute atomic E-state index is 0.0386. The quantitative estimate of drug-likeness (QED) is 0.830. The Labute approximate surface area is 145 Å². The van der Waals surface area contributed by atoms with Gasteiger partial charge in [0.1, 0.15) is 12.4 Å². The summed E-state index contributed by atoms with van der Waals surface area (Å²) in [6.45, 7) is 4.59. The van der Waals surface area contributed by atoms with Crippen LogP contribution in [-0.2, 0) is 4.79 Å². The van der Waals surface area contributed by atoms with Gasteiger partial charge in [0, 0.05) is 18.0 Å². The van der Waals surface area contributed by atoms with Crippen LogP contribution in [0.1, 0.15) is 30.6 Å². The highest BCUT2D eigenvalue weighted by Crippen LogP contribution is 2.31. The SMILES string of the molecule is CCOc1cc2c(OC[C@H]3NC(=O)C[C@@H]3C)nccc2cc1C(N)=O. The first-order valence-corrected chi connectivity index (χ1v) is 8.27. The van der Waals surface area contributed by atoms with Crippen molar-refractivity contribution >= 4 is 22.6 Å². The lowest BCUT2D eigenvalue weighted by atomic mass is 10.0. The van der Waals surface area contributed by atoms with Crippen LogP contribution < -0.4 is 20.5 Å². The van der Waals surface area contributed by atoms with Crippen molar-refractivity contribution in [3.05, 3.63) is 30.0 Å². The second kappa shape index (κ2) is 6.96. The summed E-state index contributed by atoms with van der Waals surface area (Å²) < 4.78 is 11.4. The van der Waals surface area contributed by atoms with Crippen LogP contribution in [0.2, 0.25) is 0 Å². The number of nitrogens with one attached hydrogen (secondary N) is 1. The maximum absolute atomic E-state index is 11.6. The van der Waals surface area contributed by atoms with Crippen LogP contribution in [0.15, 0.2) is 24.4 Å². The minimum Gasteiger partial charge on any atom is -0.493 e. The normalized spacial score (nSPS) is 19.7. The van der Waals surface area contributed by atoms with Gasteiger partial charge in [-0.25, -0.2) is 4.98 Å². The van der Waals surface area contributed by atoms with Crippen LogP contribution >= 0.6 is 0 Å². The van der Waals surface area contributed by atoms with E-state index in [2.05, 4.69) is 10.3 Å². The highest BCUT2D eigenvalue weighted by Gasteiger charge is 2.29. The van der Waals surface area contributed by atoms with E-state index >= 15 is 0 Å². The lowest BCUT2D eigenvalue weighted by Gasteiger charge is -2.17. The monoisotopic (exact) mass is 343 g/mol. The zero-order chi connectivity index (χ0) is 18.0. The van der Waals surface area contributed by atoms with Gasteiger partial charge in [-0.3, -0.25) is 9.59 Å². The van der Waals surface area contributed by atoms with Gasteiger partial charge in [0.25, 0.3) is 5.91 Å². The number of primary amides is 1. The highest BCUT2D eigenvalue weighted by molar-refractivity contribution is 6.01. The first-order chi connectivity index (χ1) is 12.0. The minimum atomic E-state index is -0.549. The molecule has 1 aliphatic rings. The van der Waals surface area contributed by atoms with Gasteiger partial charge >= 0.3 is 0 Å². The summed E-state index contributed by atoms with van der Waals surface area (Å²) in [5.74, 6) is 0.539. The van der Waals surface area contributed by atoms with Gasteiger partial charge in [0.2, 0.25) is 11.8 Å². The van der Waals surface area contributed by atoms with Crippen molar-refractivity contribution in [2.75, 3.05) is 13.2 Å². The summed E-state index contributed by atoms with van der Waals surface area (Å²) in [5.41, 5.74) is 5.76. The number of aromatic nitrogens is 1. The average Bonchev–Trinajstić information content (AvgIpc) is 2.90. The van der Waals surface area contributed by atoms with E-state index in [0.29, 0.717) is 36.8 Å². The van der Waals surface area contributed by atoms with Crippen molar-refractivity contribution in [2.45, 2.75) is 26.3 Å². The number of nitrogens with zero attached hydrogens (tertiary/aromatic N) is 1. The molecule has 1 aliphatic heterocycles. The lowest BCUT2D eigenvalue weighted by Crippen LogP contribution is -2.34. The van der Waals surface area contributed by atoms with Crippen molar-refractivity contribution in [3.63, 3.8) is 0 Å². The molecule has 0 saturated carbocycles. The number of rotatable bonds is 6. The van der Waals surface area contributed by atoms with Crippen LogP contribution in [0.4, 0.5) is 0 Å². The van der Waals surface area contributed by atoms with Gasteiger partial charge in [-0.2, -0.15) is 0 Å². The largest absolute Gasteiger partial charge is 0.493 e. The van der Waals surface area contributed by atoms with Crippen LogP contribution in [0.5, 0.6) is 11.6 Å². The molecule has 2 heterocycles. The molecule has 2 aromatic rings. The number of nitrogens with two attached hydrogens (primary N) is 1. The number of hydrogen-bond donors (Lipinski definition) is 2. The third-order valence-electron chi connectivity index (χ3n) is 4.33. The summed E-state index contributed by atoms with van der Waals surface area (Å²) in [4.78, 5) is 27.4. The molecule has 0 aliphatic carbocycles. The standard InChI is InChI=1S/C18H21N3O4/c1-3-24-15-8-12-11(7-13(15)17(19)23)4-5-20-18(12)25-9-14-10(2)6-16(22)21-14/h4-5,7-8,10,14H,3,6,9H2,1-2H3,(H2,19,23)(H,21,22)/t10-,14+/m0/s1. The number of amides is 2.